The number of benzene rings is 2. The number of nitrogens with zero attached hydrogens (tertiary/aromatic N) is 1. The molecular formula is C18H21N3O2. The van der Waals surface area contributed by atoms with Gasteiger partial charge in [0.2, 0.25) is 0 Å². The zero-order valence-electron chi connectivity index (χ0n) is 13.2. The summed E-state index contributed by atoms with van der Waals surface area (Å²) in [6.45, 7) is 3.41. The number of anilines is 1. The van der Waals surface area contributed by atoms with Gasteiger partial charge in [-0.1, -0.05) is 36.4 Å². The van der Waals surface area contributed by atoms with Crippen molar-refractivity contribution in [1.82, 2.24) is 4.90 Å². The molecule has 120 valence electrons. The second-order valence-corrected chi connectivity index (χ2v) is 5.71. The van der Waals surface area contributed by atoms with Crippen molar-refractivity contribution in [3.63, 3.8) is 0 Å². The van der Waals surface area contributed by atoms with Crippen LogP contribution < -0.4 is 15.8 Å². The summed E-state index contributed by atoms with van der Waals surface area (Å²) in [7, 11) is 0. The Morgan fingerprint density at radius 1 is 1.26 bits per heavy atom. The Morgan fingerprint density at radius 3 is 2.83 bits per heavy atom. The summed E-state index contributed by atoms with van der Waals surface area (Å²) in [4.78, 5) is 14.4. The van der Waals surface area contributed by atoms with E-state index < -0.39 is 0 Å². The standard InChI is InChI=1S/C18H21N3O2/c1-13-11-21(12-15-7-3-5-9-17(15)23-13)18(22)20-16-8-4-2-6-14(16)10-19/h2-9,13H,10-12,19H2,1H3,(H,20,22). The summed E-state index contributed by atoms with van der Waals surface area (Å²) in [5, 5.41) is 2.96. The Bertz CT molecular complexity index is 702. The molecule has 0 radical (unpaired) electrons. The molecule has 3 rings (SSSR count). The normalized spacial score (nSPS) is 17.0. The number of ether oxygens (including phenoxy) is 1. The summed E-state index contributed by atoms with van der Waals surface area (Å²) >= 11 is 0. The van der Waals surface area contributed by atoms with E-state index in [9.17, 15) is 4.79 Å². The first kappa shape index (κ1) is 15.4. The van der Waals surface area contributed by atoms with Crippen LogP contribution in [0.1, 0.15) is 18.1 Å². The van der Waals surface area contributed by atoms with Crippen LogP contribution in [0.15, 0.2) is 48.5 Å². The average Bonchev–Trinajstić information content (AvgIpc) is 2.73. The molecule has 1 unspecified atom stereocenters. The Morgan fingerprint density at radius 2 is 2.00 bits per heavy atom. The van der Waals surface area contributed by atoms with Crippen LogP contribution in [0.2, 0.25) is 0 Å². The lowest BCUT2D eigenvalue weighted by Crippen LogP contribution is -2.39. The minimum atomic E-state index is -0.141. The van der Waals surface area contributed by atoms with Crippen LogP contribution in [0.4, 0.5) is 10.5 Å². The van der Waals surface area contributed by atoms with E-state index in [1.165, 1.54) is 0 Å². The van der Waals surface area contributed by atoms with Gasteiger partial charge >= 0.3 is 6.03 Å². The maximum absolute atomic E-state index is 12.7. The van der Waals surface area contributed by atoms with Gasteiger partial charge in [0, 0.05) is 17.8 Å². The number of hydrogen-bond acceptors (Lipinski definition) is 3. The highest BCUT2D eigenvalue weighted by Gasteiger charge is 2.23. The number of carbonyl (C=O) groups is 1. The predicted molar refractivity (Wildman–Crippen MR) is 90.3 cm³/mol. The minimum Gasteiger partial charge on any atom is -0.489 e. The van der Waals surface area contributed by atoms with E-state index in [-0.39, 0.29) is 12.1 Å². The molecule has 0 saturated carbocycles. The molecule has 0 aromatic heterocycles. The lowest BCUT2D eigenvalue weighted by Gasteiger charge is -2.23. The molecule has 3 N–H and O–H groups in total. The lowest BCUT2D eigenvalue weighted by atomic mass is 10.2. The fraction of sp³-hybridized carbons (Fsp3) is 0.278. The van der Waals surface area contributed by atoms with E-state index in [0.717, 1.165) is 22.6 Å². The number of hydrogen-bond donors (Lipinski definition) is 2. The molecule has 2 aromatic rings. The Kier molecular flexibility index (Phi) is 4.48. The molecule has 5 heteroatoms. The van der Waals surface area contributed by atoms with Gasteiger partial charge < -0.3 is 20.7 Å². The van der Waals surface area contributed by atoms with Gasteiger partial charge in [-0.15, -0.1) is 0 Å². The number of nitrogens with one attached hydrogen (secondary N) is 1. The number of amides is 2. The van der Waals surface area contributed by atoms with Crippen LogP contribution in [-0.2, 0) is 13.1 Å². The third-order valence-electron chi connectivity index (χ3n) is 3.91. The van der Waals surface area contributed by atoms with Crippen LogP contribution in [0.5, 0.6) is 5.75 Å². The molecule has 0 fully saturated rings. The van der Waals surface area contributed by atoms with Crippen LogP contribution in [0.3, 0.4) is 0 Å². The number of fused-ring (bicyclic) bond motifs is 1. The van der Waals surface area contributed by atoms with E-state index in [2.05, 4.69) is 5.32 Å². The van der Waals surface area contributed by atoms with Gasteiger partial charge in [-0.3, -0.25) is 0 Å². The number of carbonyl (C=O) groups excluding carboxylic acids is 1. The molecule has 0 spiro atoms. The summed E-state index contributed by atoms with van der Waals surface area (Å²) < 4.78 is 5.89. The average molecular weight is 311 g/mol. The maximum atomic E-state index is 12.7. The lowest BCUT2D eigenvalue weighted by molar-refractivity contribution is 0.167. The van der Waals surface area contributed by atoms with E-state index in [1.54, 1.807) is 4.90 Å². The smallest absolute Gasteiger partial charge is 0.322 e. The Hall–Kier alpha value is -2.53. The van der Waals surface area contributed by atoms with Crippen molar-refractivity contribution in [2.45, 2.75) is 26.1 Å². The largest absolute Gasteiger partial charge is 0.489 e. The first-order valence-corrected chi connectivity index (χ1v) is 7.76. The van der Waals surface area contributed by atoms with Gasteiger partial charge in [0.25, 0.3) is 0 Å². The monoisotopic (exact) mass is 311 g/mol. The fourth-order valence-electron chi connectivity index (χ4n) is 2.75. The van der Waals surface area contributed by atoms with Gasteiger partial charge in [-0.05, 0) is 24.6 Å². The van der Waals surface area contributed by atoms with Crippen molar-refractivity contribution < 1.29 is 9.53 Å². The quantitative estimate of drug-likeness (QED) is 0.896. The highest BCUT2D eigenvalue weighted by molar-refractivity contribution is 5.90. The molecule has 5 nitrogen and oxygen atoms in total. The highest BCUT2D eigenvalue weighted by Crippen LogP contribution is 2.25. The van der Waals surface area contributed by atoms with Crippen LogP contribution in [0, 0.1) is 0 Å². The van der Waals surface area contributed by atoms with E-state index in [0.29, 0.717) is 19.6 Å². The summed E-state index contributed by atoms with van der Waals surface area (Å²) in [5.41, 5.74) is 8.42. The zero-order chi connectivity index (χ0) is 16.2. The number of nitrogens with two attached hydrogens (primary N) is 1. The highest BCUT2D eigenvalue weighted by atomic mass is 16.5. The third kappa shape index (κ3) is 3.46. The predicted octanol–water partition coefficient (Wildman–Crippen LogP) is 2.96. The number of para-hydroxylation sites is 2. The van der Waals surface area contributed by atoms with Crippen LogP contribution >= 0.6 is 0 Å². The molecule has 2 aromatic carbocycles. The zero-order valence-corrected chi connectivity index (χ0v) is 13.2. The Balaban J connectivity index is 1.79. The SMILES string of the molecule is CC1CN(C(=O)Nc2ccccc2CN)Cc2ccccc2O1. The minimum absolute atomic E-state index is 0.0610. The van der Waals surface area contributed by atoms with Crippen molar-refractivity contribution >= 4 is 11.7 Å². The summed E-state index contributed by atoms with van der Waals surface area (Å²) in [6.07, 6.45) is -0.0610. The fourth-order valence-corrected chi connectivity index (χ4v) is 2.75. The third-order valence-corrected chi connectivity index (χ3v) is 3.91. The van der Waals surface area contributed by atoms with Gasteiger partial charge in [0.15, 0.2) is 0 Å². The van der Waals surface area contributed by atoms with Gasteiger partial charge in [-0.25, -0.2) is 4.79 Å². The molecule has 0 aliphatic carbocycles. The van der Waals surface area contributed by atoms with Gasteiger partial charge in [-0.2, -0.15) is 0 Å². The number of urea groups is 1. The van der Waals surface area contributed by atoms with E-state index >= 15 is 0 Å². The molecule has 2 amide bonds. The molecule has 1 atom stereocenters. The van der Waals surface area contributed by atoms with Crippen LogP contribution in [0.25, 0.3) is 0 Å². The first-order valence-electron chi connectivity index (χ1n) is 7.76. The van der Waals surface area contributed by atoms with Crippen LogP contribution in [-0.4, -0.2) is 23.6 Å². The topological polar surface area (TPSA) is 67.6 Å². The summed E-state index contributed by atoms with van der Waals surface area (Å²) in [5.74, 6) is 0.845. The van der Waals surface area contributed by atoms with Crippen molar-refractivity contribution in [1.29, 1.82) is 0 Å². The van der Waals surface area contributed by atoms with E-state index in [1.807, 2.05) is 55.5 Å². The van der Waals surface area contributed by atoms with Crippen molar-refractivity contribution in [3.8, 4) is 5.75 Å². The van der Waals surface area contributed by atoms with Gasteiger partial charge in [0.05, 0.1) is 13.1 Å². The Labute approximate surface area is 136 Å². The molecule has 1 aliphatic heterocycles. The van der Waals surface area contributed by atoms with Crippen molar-refractivity contribution in [3.05, 3.63) is 59.7 Å². The molecule has 23 heavy (non-hydrogen) atoms. The molecule has 1 aliphatic rings. The van der Waals surface area contributed by atoms with Crippen molar-refractivity contribution in [2.24, 2.45) is 5.73 Å². The second-order valence-electron chi connectivity index (χ2n) is 5.71. The number of rotatable bonds is 2. The van der Waals surface area contributed by atoms with E-state index in [4.69, 9.17) is 10.5 Å². The first-order chi connectivity index (χ1) is 11.2. The molecule has 1 heterocycles. The maximum Gasteiger partial charge on any atom is 0.322 e. The summed E-state index contributed by atoms with van der Waals surface area (Å²) in [6, 6.07) is 15.3. The second kappa shape index (κ2) is 6.71. The molecule has 0 bridgehead atoms. The van der Waals surface area contributed by atoms with Crippen molar-refractivity contribution in [2.75, 3.05) is 11.9 Å². The molecule has 0 saturated heterocycles. The molecular weight excluding hydrogens is 290 g/mol. The van der Waals surface area contributed by atoms with Gasteiger partial charge in [0.1, 0.15) is 11.9 Å².